The highest BCUT2D eigenvalue weighted by Gasteiger charge is 2.07. The minimum atomic E-state index is -0.269. The summed E-state index contributed by atoms with van der Waals surface area (Å²) in [5, 5.41) is 7.21. The molecule has 0 atom stereocenters. The van der Waals surface area contributed by atoms with Gasteiger partial charge in [0, 0.05) is 55.7 Å². The first-order chi connectivity index (χ1) is 11.0. The normalized spacial score (nSPS) is 10.6. The van der Waals surface area contributed by atoms with Gasteiger partial charge in [-0.05, 0) is 30.2 Å². The molecule has 0 aliphatic heterocycles. The van der Waals surface area contributed by atoms with Crippen LogP contribution < -0.4 is 10.6 Å². The Morgan fingerprint density at radius 3 is 2.70 bits per heavy atom. The topological polar surface area (TPSA) is 77.2 Å². The zero-order valence-corrected chi connectivity index (χ0v) is 14.0. The second-order valence-electron chi connectivity index (χ2n) is 5.47. The highest BCUT2D eigenvalue weighted by molar-refractivity contribution is 6.31. The van der Waals surface area contributed by atoms with E-state index in [0.29, 0.717) is 31.0 Å². The van der Waals surface area contributed by atoms with Crippen molar-refractivity contribution in [1.29, 1.82) is 0 Å². The SMILES string of the molecule is CN(C)C(=O)CCNC(=O)NCCc1c[nH]c2ccc(Cl)cc12. The third kappa shape index (κ3) is 4.89. The summed E-state index contributed by atoms with van der Waals surface area (Å²) in [5.41, 5.74) is 2.13. The van der Waals surface area contributed by atoms with Gasteiger partial charge in [0.25, 0.3) is 0 Å². The third-order valence-electron chi connectivity index (χ3n) is 3.53. The number of amides is 3. The van der Waals surface area contributed by atoms with Crippen LogP contribution in [0, 0.1) is 0 Å². The Morgan fingerprint density at radius 2 is 1.96 bits per heavy atom. The van der Waals surface area contributed by atoms with Gasteiger partial charge in [-0.25, -0.2) is 4.79 Å². The fourth-order valence-corrected chi connectivity index (χ4v) is 2.41. The Bertz CT molecular complexity index is 696. The van der Waals surface area contributed by atoms with Crippen LogP contribution >= 0.6 is 11.6 Å². The average molecular weight is 337 g/mol. The molecule has 1 aromatic carbocycles. The van der Waals surface area contributed by atoms with Crippen LogP contribution in [-0.4, -0.2) is 49.0 Å². The van der Waals surface area contributed by atoms with Crippen molar-refractivity contribution >= 4 is 34.4 Å². The number of rotatable bonds is 6. The largest absolute Gasteiger partial charge is 0.361 e. The first-order valence-electron chi connectivity index (χ1n) is 7.44. The Hall–Kier alpha value is -2.21. The van der Waals surface area contributed by atoms with Crippen LogP contribution in [0.25, 0.3) is 10.9 Å². The van der Waals surface area contributed by atoms with Crippen molar-refractivity contribution in [3.05, 3.63) is 35.0 Å². The summed E-state index contributed by atoms with van der Waals surface area (Å²) < 4.78 is 0. The Labute approximate surface area is 140 Å². The molecule has 0 saturated carbocycles. The maximum Gasteiger partial charge on any atom is 0.314 e. The quantitative estimate of drug-likeness (QED) is 0.755. The fourth-order valence-electron chi connectivity index (χ4n) is 2.24. The molecule has 0 unspecified atom stereocenters. The summed E-state index contributed by atoms with van der Waals surface area (Å²) in [4.78, 5) is 27.7. The molecule has 0 bridgehead atoms. The fraction of sp³-hybridized carbons (Fsp3) is 0.375. The number of hydrogen-bond acceptors (Lipinski definition) is 2. The molecule has 23 heavy (non-hydrogen) atoms. The van der Waals surface area contributed by atoms with Gasteiger partial charge in [0.15, 0.2) is 0 Å². The number of aromatic amines is 1. The first-order valence-corrected chi connectivity index (χ1v) is 7.82. The van der Waals surface area contributed by atoms with Gasteiger partial charge in [-0.2, -0.15) is 0 Å². The number of carbonyl (C=O) groups is 2. The molecule has 0 aliphatic carbocycles. The summed E-state index contributed by atoms with van der Waals surface area (Å²) in [6, 6.07) is 5.42. The zero-order valence-electron chi connectivity index (χ0n) is 13.3. The number of fused-ring (bicyclic) bond motifs is 1. The lowest BCUT2D eigenvalue weighted by Crippen LogP contribution is -2.38. The lowest BCUT2D eigenvalue weighted by molar-refractivity contribution is -0.128. The second kappa shape index (κ2) is 7.87. The van der Waals surface area contributed by atoms with Crippen LogP contribution in [0.3, 0.4) is 0 Å². The van der Waals surface area contributed by atoms with Crippen molar-refractivity contribution in [3.63, 3.8) is 0 Å². The van der Waals surface area contributed by atoms with Crippen LogP contribution in [0.5, 0.6) is 0 Å². The van der Waals surface area contributed by atoms with Gasteiger partial charge in [0.1, 0.15) is 0 Å². The smallest absolute Gasteiger partial charge is 0.314 e. The summed E-state index contributed by atoms with van der Waals surface area (Å²) in [5.74, 6) is -0.0130. The van der Waals surface area contributed by atoms with Gasteiger partial charge in [0.2, 0.25) is 5.91 Å². The van der Waals surface area contributed by atoms with Crippen molar-refractivity contribution in [2.24, 2.45) is 0 Å². The number of carbonyl (C=O) groups excluding carboxylic acids is 2. The molecule has 0 saturated heterocycles. The molecule has 0 aliphatic rings. The molecule has 124 valence electrons. The predicted molar refractivity (Wildman–Crippen MR) is 91.7 cm³/mol. The van der Waals surface area contributed by atoms with Crippen molar-refractivity contribution < 1.29 is 9.59 Å². The van der Waals surface area contributed by atoms with E-state index in [0.717, 1.165) is 16.5 Å². The number of hydrogen-bond donors (Lipinski definition) is 3. The molecule has 1 heterocycles. The van der Waals surface area contributed by atoms with Crippen LogP contribution in [0.2, 0.25) is 5.02 Å². The Kier molecular flexibility index (Phi) is 5.87. The lowest BCUT2D eigenvalue weighted by Gasteiger charge is -2.11. The maximum absolute atomic E-state index is 11.7. The van der Waals surface area contributed by atoms with Gasteiger partial charge in [0.05, 0.1) is 0 Å². The van der Waals surface area contributed by atoms with Crippen molar-refractivity contribution in [2.45, 2.75) is 12.8 Å². The molecule has 0 radical (unpaired) electrons. The van der Waals surface area contributed by atoms with E-state index in [1.54, 1.807) is 14.1 Å². The van der Waals surface area contributed by atoms with Crippen LogP contribution in [-0.2, 0) is 11.2 Å². The number of nitrogens with one attached hydrogen (secondary N) is 3. The number of halogens is 1. The molecule has 0 fully saturated rings. The minimum Gasteiger partial charge on any atom is -0.361 e. The number of aromatic nitrogens is 1. The standard InChI is InChI=1S/C16H21ClN4O2/c1-21(2)15(22)6-8-19-16(23)18-7-5-11-10-20-14-4-3-12(17)9-13(11)14/h3-4,9-10,20H,5-8H2,1-2H3,(H2,18,19,23). The molecule has 2 rings (SSSR count). The monoisotopic (exact) mass is 336 g/mol. The van der Waals surface area contributed by atoms with E-state index in [2.05, 4.69) is 15.6 Å². The molecule has 1 aromatic heterocycles. The molecular formula is C16H21ClN4O2. The molecule has 2 aromatic rings. The molecule has 3 amide bonds. The number of benzene rings is 1. The molecular weight excluding hydrogens is 316 g/mol. The Balaban J connectivity index is 1.75. The van der Waals surface area contributed by atoms with E-state index in [-0.39, 0.29) is 11.9 Å². The number of nitrogens with zero attached hydrogens (tertiary/aromatic N) is 1. The zero-order chi connectivity index (χ0) is 16.8. The van der Waals surface area contributed by atoms with Crippen molar-refractivity contribution in [2.75, 3.05) is 27.2 Å². The lowest BCUT2D eigenvalue weighted by atomic mass is 10.1. The average Bonchev–Trinajstić information content (AvgIpc) is 2.89. The van der Waals surface area contributed by atoms with Crippen molar-refractivity contribution in [1.82, 2.24) is 20.5 Å². The molecule has 7 heteroatoms. The summed E-state index contributed by atoms with van der Waals surface area (Å²) in [6.07, 6.45) is 2.92. The molecule has 6 nitrogen and oxygen atoms in total. The van der Waals surface area contributed by atoms with E-state index in [9.17, 15) is 9.59 Å². The molecule has 0 spiro atoms. The summed E-state index contributed by atoms with van der Waals surface area (Å²) >= 11 is 6.01. The highest BCUT2D eigenvalue weighted by Crippen LogP contribution is 2.22. The van der Waals surface area contributed by atoms with E-state index in [1.165, 1.54) is 4.90 Å². The van der Waals surface area contributed by atoms with Gasteiger partial charge in [-0.3, -0.25) is 4.79 Å². The third-order valence-corrected chi connectivity index (χ3v) is 3.77. The van der Waals surface area contributed by atoms with Crippen molar-refractivity contribution in [3.8, 4) is 0 Å². The summed E-state index contributed by atoms with van der Waals surface area (Å²) in [6.45, 7) is 0.832. The van der Waals surface area contributed by atoms with Crippen LogP contribution in [0.1, 0.15) is 12.0 Å². The first kappa shape index (κ1) is 17.1. The molecule has 3 N–H and O–H groups in total. The van der Waals surface area contributed by atoms with Crippen LogP contribution in [0.4, 0.5) is 4.79 Å². The maximum atomic E-state index is 11.7. The van der Waals surface area contributed by atoms with Gasteiger partial charge >= 0.3 is 6.03 Å². The van der Waals surface area contributed by atoms with Gasteiger partial charge in [-0.15, -0.1) is 0 Å². The van der Waals surface area contributed by atoms with E-state index in [1.807, 2.05) is 24.4 Å². The van der Waals surface area contributed by atoms with E-state index >= 15 is 0 Å². The predicted octanol–water partition coefficient (Wildman–Crippen LogP) is 2.14. The number of H-pyrrole nitrogens is 1. The van der Waals surface area contributed by atoms with E-state index < -0.39 is 0 Å². The minimum absolute atomic E-state index is 0.0130. The van der Waals surface area contributed by atoms with E-state index in [4.69, 9.17) is 11.6 Å². The van der Waals surface area contributed by atoms with Gasteiger partial charge in [-0.1, -0.05) is 11.6 Å². The Morgan fingerprint density at radius 1 is 1.22 bits per heavy atom. The summed E-state index contributed by atoms with van der Waals surface area (Å²) in [7, 11) is 3.38. The second-order valence-corrected chi connectivity index (χ2v) is 5.91. The number of urea groups is 1. The van der Waals surface area contributed by atoms with Gasteiger partial charge < -0.3 is 20.5 Å². The highest BCUT2D eigenvalue weighted by atomic mass is 35.5. The van der Waals surface area contributed by atoms with Crippen LogP contribution in [0.15, 0.2) is 24.4 Å².